The summed E-state index contributed by atoms with van der Waals surface area (Å²) in [4.78, 5) is 63.1. The Labute approximate surface area is 243 Å². The molecule has 0 bridgehead atoms. The monoisotopic (exact) mass is 578 g/mol. The topological polar surface area (TPSA) is 146 Å². The normalized spacial score (nSPS) is 13.3. The molecule has 0 fully saturated rings. The summed E-state index contributed by atoms with van der Waals surface area (Å²) >= 11 is 0. The van der Waals surface area contributed by atoms with Gasteiger partial charge in [0.1, 0.15) is 35.5 Å². The van der Waals surface area contributed by atoms with Crippen molar-refractivity contribution in [1.82, 2.24) is 10.6 Å². The molecule has 0 aromatic heterocycles. The highest BCUT2D eigenvalue weighted by Gasteiger charge is 2.31. The lowest BCUT2D eigenvalue weighted by Crippen LogP contribution is -2.47. The molecule has 0 aliphatic heterocycles. The van der Waals surface area contributed by atoms with Crippen LogP contribution in [0.3, 0.4) is 0 Å². The van der Waals surface area contributed by atoms with Gasteiger partial charge in [-0.2, -0.15) is 0 Å². The molecule has 0 saturated carbocycles. The van der Waals surface area contributed by atoms with Crippen molar-refractivity contribution in [1.29, 1.82) is 0 Å². The van der Waals surface area contributed by atoms with Gasteiger partial charge in [0.2, 0.25) is 5.91 Å². The molecular weight excluding hydrogens is 532 g/mol. The molecule has 1 aromatic carbocycles. The Morgan fingerprint density at radius 3 is 1.61 bits per heavy atom. The van der Waals surface area contributed by atoms with E-state index in [9.17, 15) is 24.0 Å². The quantitative estimate of drug-likeness (QED) is 0.273. The molecule has 1 unspecified atom stereocenters. The number of hydrogen-bond donors (Lipinski definition) is 2. The molecule has 0 aliphatic rings. The largest absolute Gasteiger partial charge is 0.460 e. The Morgan fingerprint density at radius 2 is 1.12 bits per heavy atom. The number of amides is 2. The van der Waals surface area contributed by atoms with Crippen LogP contribution in [0.2, 0.25) is 0 Å². The molecule has 0 aliphatic carbocycles. The van der Waals surface area contributed by atoms with Crippen LogP contribution >= 0.6 is 0 Å². The number of alkyl carbamates (subject to hydrolysis) is 1. The molecule has 2 atom stereocenters. The third-order valence-electron chi connectivity index (χ3n) is 4.94. The molecule has 1 rings (SSSR count). The number of esters is 3. The second-order valence-electron chi connectivity index (χ2n) is 12.6. The fourth-order valence-electron chi connectivity index (χ4n) is 3.35. The lowest BCUT2D eigenvalue weighted by Gasteiger charge is -2.26. The van der Waals surface area contributed by atoms with Crippen LogP contribution < -0.4 is 10.6 Å². The number of carbonyl (C=O) groups is 5. The molecule has 2 amide bonds. The van der Waals surface area contributed by atoms with Crippen molar-refractivity contribution in [2.45, 2.75) is 123 Å². The average molecular weight is 579 g/mol. The van der Waals surface area contributed by atoms with E-state index in [1.165, 1.54) is 0 Å². The van der Waals surface area contributed by atoms with Crippen LogP contribution in [0, 0.1) is 0 Å². The fourth-order valence-corrected chi connectivity index (χ4v) is 3.35. The van der Waals surface area contributed by atoms with Crippen molar-refractivity contribution in [3.63, 3.8) is 0 Å². The van der Waals surface area contributed by atoms with E-state index in [1.807, 2.05) is 6.07 Å². The van der Waals surface area contributed by atoms with Gasteiger partial charge < -0.3 is 29.6 Å². The lowest BCUT2D eigenvalue weighted by molar-refractivity contribution is -0.161. The number of hydrogen-bond acceptors (Lipinski definition) is 9. The van der Waals surface area contributed by atoms with Gasteiger partial charge in [0.05, 0.1) is 0 Å². The SMILES string of the molecule is CC(C)(C)OC(=O)CC[C@H](NC(=O)CCC(NC(=O)OCc1ccccc1)C(=O)OC(C)(C)C)C(=O)OC(C)(C)C. The Balaban J connectivity index is 2.88. The summed E-state index contributed by atoms with van der Waals surface area (Å²) in [7, 11) is 0. The molecule has 41 heavy (non-hydrogen) atoms. The van der Waals surface area contributed by atoms with Gasteiger partial charge in [-0.25, -0.2) is 14.4 Å². The van der Waals surface area contributed by atoms with E-state index in [-0.39, 0.29) is 32.3 Å². The molecule has 0 spiro atoms. The molecular formula is C30H46N2O9. The fraction of sp³-hybridized carbons (Fsp3) is 0.633. The van der Waals surface area contributed by atoms with E-state index in [2.05, 4.69) is 10.6 Å². The first kappa shape index (κ1) is 35.4. The second-order valence-corrected chi connectivity index (χ2v) is 12.6. The molecule has 11 heteroatoms. The average Bonchev–Trinajstić information content (AvgIpc) is 2.80. The first-order valence-electron chi connectivity index (χ1n) is 13.7. The second kappa shape index (κ2) is 15.4. The van der Waals surface area contributed by atoms with E-state index in [1.54, 1.807) is 86.6 Å². The van der Waals surface area contributed by atoms with E-state index in [0.29, 0.717) is 0 Å². The highest BCUT2D eigenvalue weighted by Crippen LogP contribution is 2.15. The smallest absolute Gasteiger partial charge is 0.408 e. The van der Waals surface area contributed by atoms with Crippen LogP contribution in [0.15, 0.2) is 30.3 Å². The maximum absolute atomic E-state index is 12.9. The number of rotatable bonds is 12. The van der Waals surface area contributed by atoms with Gasteiger partial charge in [0, 0.05) is 12.8 Å². The summed E-state index contributed by atoms with van der Waals surface area (Å²) in [6, 6.07) is 6.69. The van der Waals surface area contributed by atoms with Crippen molar-refractivity contribution in [2.24, 2.45) is 0 Å². The third-order valence-corrected chi connectivity index (χ3v) is 4.94. The molecule has 230 valence electrons. The first-order valence-corrected chi connectivity index (χ1v) is 13.7. The van der Waals surface area contributed by atoms with Gasteiger partial charge in [0.25, 0.3) is 0 Å². The van der Waals surface area contributed by atoms with Gasteiger partial charge in [-0.05, 0) is 80.7 Å². The van der Waals surface area contributed by atoms with Crippen molar-refractivity contribution in [3.05, 3.63) is 35.9 Å². The summed E-state index contributed by atoms with van der Waals surface area (Å²) in [6.07, 6.45) is -1.40. The van der Waals surface area contributed by atoms with Gasteiger partial charge in [-0.3, -0.25) is 9.59 Å². The predicted octanol–water partition coefficient (Wildman–Crippen LogP) is 4.35. The van der Waals surface area contributed by atoms with Gasteiger partial charge in [0.15, 0.2) is 0 Å². The minimum atomic E-state index is -1.19. The Bertz CT molecular complexity index is 1030. The van der Waals surface area contributed by atoms with Gasteiger partial charge in [-0.1, -0.05) is 30.3 Å². The number of ether oxygens (including phenoxy) is 4. The van der Waals surface area contributed by atoms with Gasteiger partial charge in [-0.15, -0.1) is 0 Å². The van der Waals surface area contributed by atoms with Crippen LogP contribution in [0.25, 0.3) is 0 Å². The van der Waals surface area contributed by atoms with E-state index in [0.717, 1.165) is 5.56 Å². The van der Waals surface area contributed by atoms with Gasteiger partial charge >= 0.3 is 24.0 Å². The first-order chi connectivity index (χ1) is 18.7. The molecule has 0 radical (unpaired) electrons. The summed E-state index contributed by atoms with van der Waals surface area (Å²) in [5, 5.41) is 5.05. The van der Waals surface area contributed by atoms with Crippen molar-refractivity contribution >= 4 is 29.9 Å². The number of carbonyl (C=O) groups excluding carboxylic acids is 5. The molecule has 0 saturated heterocycles. The summed E-state index contributed by atoms with van der Waals surface area (Å²) in [6.45, 7) is 15.3. The highest BCUT2D eigenvalue weighted by molar-refractivity contribution is 5.86. The summed E-state index contributed by atoms with van der Waals surface area (Å²) in [5.41, 5.74) is -1.60. The number of nitrogens with one attached hydrogen (secondary N) is 2. The Hall–Kier alpha value is -3.63. The van der Waals surface area contributed by atoms with Crippen LogP contribution in [-0.4, -0.2) is 58.8 Å². The van der Waals surface area contributed by atoms with Crippen LogP contribution in [0.5, 0.6) is 0 Å². The van der Waals surface area contributed by atoms with E-state index < -0.39 is 58.8 Å². The highest BCUT2D eigenvalue weighted by atomic mass is 16.6. The Kier molecular flexibility index (Phi) is 13.3. The third kappa shape index (κ3) is 16.9. The molecule has 11 nitrogen and oxygen atoms in total. The predicted molar refractivity (Wildman–Crippen MR) is 151 cm³/mol. The standard InChI is InChI=1S/C30H46N2O9/c1-28(2,3)39-24(34)18-16-21(25(35)40-29(4,5)6)31-23(33)17-15-22(26(36)41-30(7,8)9)32-27(37)38-19-20-13-11-10-12-14-20/h10-14,21-22H,15-19H2,1-9H3,(H,31,33)(H,32,37)/t21-,22?/m0/s1. The Morgan fingerprint density at radius 1 is 0.659 bits per heavy atom. The van der Waals surface area contributed by atoms with E-state index in [4.69, 9.17) is 18.9 Å². The summed E-state index contributed by atoms with van der Waals surface area (Å²) < 4.78 is 21.3. The molecule has 1 aromatic rings. The zero-order valence-corrected chi connectivity index (χ0v) is 25.8. The van der Waals surface area contributed by atoms with Crippen LogP contribution in [-0.2, 0) is 44.7 Å². The maximum Gasteiger partial charge on any atom is 0.408 e. The van der Waals surface area contributed by atoms with Crippen molar-refractivity contribution in [2.75, 3.05) is 0 Å². The molecule has 0 heterocycles. The van der Waals surface area contributed by atoms with Crippen LogP contribution in [0.4, 0.5) is 4.79 Å². The lowest BCUT2D eigenvalue weighted by atomic mass is 10.1. The van der Waals surface area contributed by atoms with Crippen molar-refractivity contribution < 1.29 is 42.9 Å². The number of benzene rings is 1. The molecule has 2 N–H and O–H groups in total. The minimum Gasteiger partial charge on any atom is -0.460 e. The zero-order chi connectivity index (χ0) is 31.4. The van der Waals surface area contributed by atoms with Crippen molar-refractivity contribution in [3.8, 4) is 0 Å². The maximum atomic E-state index is 12.9. The minimum absolute atomic E-state index is 0.0105. The zero-order valence-electron chi connectivity index (χ0n) is 25.8. The van der Waals surface area contributed by atoms with Crippen LogP contribution in [0.1, 0.15) is 93.6 Å². The van der Waals surface area contributed by atoms with E-state index >= 15 is 0 Å². The summed E-state index contributed by atoms with van der Waals surface area (Å²) in [5.74, 6) is -2.56.